The highest BCUT2D eigenvalue weighted by Gasteiger charge is 2.14. The lowest BCUT2D eigenvalue weighted by atomic mass is 10.1. The molecule has 7 nitrogen and oxygen atoms in total. The van der Waals surface area contributed by atoms with Crippen molar-refractivity contribution in [2.75, 3.05) is 6.54 Å². The van der Waals surface area contributed by atoms with E-state index in [9.17, 15) is 4.79 Å². The molecule has 0 aliphatic rings. The fourth-order valence-electron chi connectivity index (χ4n) is 2.35. The molecule has 3 aromatic rings. The molecule has 2 heterocycles. The van der Waals surface area contributed by atoms with Crippen molar-refractivity contribution in [2.24, 2.45) is 0 Å². The van der Waals surface area contributed by atoms with E-state index in [1.54, 1.807) is 6.07 Å². The van der Waals surface area contributed by atoms with Crippen molar-refractivity contribution in [3.8, 4) is 11.3 Å². The summed E-state index contributed by atoms with van der Waals surface area (Å²) in [6.07, 6.45) is 0.767. The van der Waals surface area contributed by atoms with Crippen LogP contribution in [0.5, 0.6) is 0 Å². The molecule has 0 atom stereocenters. The predicted octanol–water partition coefficient (Wildman–Crippen LogP) is 2.59. The number of hydrogen-bond donors (Lipinski definition) is 2. The molecular formula is C16H17N5O2S. The summed E-state index contributed by atoms with van der Waals surface area (Å²) in [6, 6.07) is 11.2. The highest BCUT2D eigenvalue weighted by molar-refractivity contribution is 7.71. The highest BCUT2D eigenvalue weighted by Crippen LogP contribution is 2.18. The van der Waals surface area contributed by atoms with Gasteiger partial charge in [-0.1, -0.05) is 42.4 Å². The molecule has 8 heteroatoms. The Hall–Kier alpha value is -2.74. The fraction of sp³-hybridized carbons (Fsp3) is 0.250. The molecule has 1 aromatic carbocycles. The summed E-state index contributed by atoms with van der Waals surface area (Å²) in [7, 11) is 0. The predicted molar refractivity (Wildman–Crippen MR) is 91.1 cm³/mol. The van der Waals surface area contributed by atoms with Crippen LogP contribution in [0.25, 0.3) is 11.3 Å². The van der Waals surface area contributed by atoms with Crippen molar-refractivity contribution in [3.63, 3.8) is 0 Å². The van der Waals surface area contributed by atoms with Gasteiger partial charge in [-0.3, -0.25) is 9.89 Å². The van der Waals surface area contributed by atoms with Crippen molar-refractivity contribution in [1.82, 2.24) is 25.2 Å². The zero-order valence-corrected chi connectivity index (χ0v) is 14.0. The summed E-state index contributed by atoms with van der Waals surface area (Å²) in [4.78, 5) is 12.2. The van der Waals surface area contributed by atoms with Crippen LogP contribution in [0.4, 0.5) is 0 Å². The van der Waals surface area contributed by atoms with Gasteiger partial charge in [0, 0.05) is 31.1 Å². The maximum Gasteiger partial charge on any atom is 0.289 e. The molecule has 0 spiro atoms. The van der Waals surface area contributed by atoms with Gasteiger partial charge in [0.15, 0.2) is 4.77 Å². The number of aromatic nitrogens is 4. The minimum atomic E-state index is -0.308. The molecule has 1 amide bonds. The summed E-state index contributed by atoms with van der Waals surface area (Å²) in [6.45, 7) is 2.96. The van der Waals surface area contributed by atoms with E-state index < -0.39 is 0 Å². The number of benzene rings is 1. The van der Waals surface area contributed by atoms with E-state index in [1.807, 2.05) is 41.8 Å². The first-order valence-corrected chi connectivity index (χ1v) is 8.04. The second-order valence-electron chi connectivity index (χ2n) is 5.15. The van der Waals surface area contributed by atoms with E-state index >= 15 is 0 Å². The van der Waals surface area contributed by atoms with Crippen LogP contribution < -0.4 is 5.32 Å². The van der Waals surface area contributed by atoms with Crippen LogP contribution in [0.1, 0.15) is 23.3 Å². The van der Waals surface area contributed by atoms with E-state index in [4.69, 9.17) is 16.7 Å². The quantitative estimate of drug-likeness (QED) is 0.672. The summed E-state index contributed by atoms with van der Waals surface area (Å²) in [5, 5.41) is 13.6. The molecule has 0 saturated heterocycles. The number of aryl methyl sites for hydroxylation is 1. The normalized spacial score (nSPS) is 10.7. The second-order valence-corrected chi connectivity index (χ2v) is 5.54. The van der Waals surface area contributed by atoms with Crippen LogP contribution in [-0.2, 0) is 13.0 Å². The molecule has 3 rings (SSSR count). The number of carbonyl (C=O) groups is 1. The lowest BCUT2D eigenvalue weighted by Crippen LogP contribution is -2.27. The van der Waals surface area contributed by atoms with E-state index in [1.165, 1.54) is 0 Å². The number of hydrogen-bond acceptors (Lipinski definition) is 5. The number of nitrogens with one attached hydrogen (secondary N) is 2. The number of nitrogens with zero attached hydrogens (tertiary/aromatic N) is 3. The average molecular weight is 343 g/mol. The van der Waals surface area contributed by atoms with E-state index in [0.717, 1.165) is 17.8 Å². The van der Waals surface area contributed by atoms with Crippen molar-refractivity contribution in [1.29, 1.82) is 0 Å². The van der Waals surface area contributed by atoms with Gasteiger partial charge in [0.1, 0.15) is 11.5 Å². The minimum Gasteiger partial charge on any atom is -0.350 e. The topological polar surface area (TPSA) is 88.7 Å². The van der Waals surface area contributed by atoms with Gasteiger partial charge in [-0.15, -0.1) is 0 Å². The van der Waals surface area contributed by atoms with Gasteiger partial charge in [-0.2, -0.15) is 5.10 Å². The van der Waals surface area contributed by atoms with Gasteiger partial charge in [-0.25, -0.2) is 0 Å². The number of rotatable bonds is 6. The fourth-order valence-corrected chi connectivity index (χ4v) is 2.59. The number of carbonyl (C=O) groups excluding carboxylic acids is 1. The van der Waals surface area contributed by atoms with E-state index in [2.05, 4.69) is 20.7 Å². The monoisotopic (exact) mass is 343 g/mol. The molecule has 0 bridgehead atoms. The maximum absolute atomic E-state index is 12.2. The molecule has 0 saturated carbocycles. The molecule has 0 aliphatic heterocycles. The van der Waals surface area contributed by atoms with Gasteiger partial charge in [-0.05, 0) is 12.2 Å². The molecule has 0 fully saturated rings. The minimum absolute atomic E-state index is 0.181. The third kappa shape index (κ3) is 3.43. The molecule has 124 valence electrons. The zero-order chi connectivity index (χ0) is 16.9. The third-order valence-electron chi connectivity index (χ3n) is 3.58. The largest absolute Gasteiger partial charge is 0.350 e. The molecule has 0 radical (unpaired) electrons. The summed E-state index contributed by atoms with van der Waals surface area (Å²) < 4.78 is 7.54. The van der Waals surface area contributed by atoms with Crippen LogP contribution in [-0.4, -0.2) is 32.4 Å². The molecular weight excluding hydrogens is 326 g/mol. The third-order valence-corrected chi connectivity index (χ3v) is 3.89. The molecule has 0 aliphatic carbocycles. The van der Waals surface area contributed by atoms with Crippen LogP contribution >= 0.6 is 12.2 Å². The van der Waals surface area contributed by atoms with Crippen LogP contribution in [0.3, 0.4) is 0 Å². The van der Waals surface area contributed by atoms with Gasteiger partial charge < -0.3 is 14.4 Å². The maximum atomic E-state index is 12.2. The first kappa shape index (κ1) is 16.1. The summed E-state index contributed by atoms with van der Waals surface area (Å²) in [5.74, 6) is 0.735. The van der Waals surface area contributed by atoms with Gasteiger partial charge in [0.2, 0.25) is 5.76 Å². The Bertz CT molecular complexity index is 881. The van der Waals surface area contributed by atoms with Crippen molar-refractivity contribution in [2.45, 2.75) is 19.9 Å². The van der Waals surface area contributed by atoms with Crippen LogP contribution in [0.2, 0.25) is 0 Å². The summed E-state index contributed by atoms with van der Waals surface area (Å²) in [5.41, 5.74) is 1.53. The van der Waals surface area contributed by atoms with Gasteiger partial charge in [0.25, 0.3) is 5.91 Å². The Morgan fingerprint density at radius 1 is 1.38 bits per heavy atom. The van der Waals surface area contributed by atoms with E-state index in [-0.39, 0.29) is 11.7 Å². The smallest absolute Gasteiger partial charge is 0.289 e. The number of amides is 1. The lowest BCUT2D eigenvalue weighted by Gasteiger charge is -2.06. The highest BCUT2D eigenvalue weighted by atomic mass is 32.1. The second kappa shape index (κ2) is 7.22. The molecule has 2 aromatic heterocycles. The first-order valence-electron chi connectivity index (χ1n) is 7.63. The standard InChI is InChI=1S/C16H17N5O2S/c1-2-14-18-19-16(24)21(14)9-8-17-15(22)13-10-12(20-23-13)11-6-4-3-5-7-11/h3-7,10H,2,8-9H2,1H3,(H,17,22)(H,19,24). The van der Waals surface area contributed by atoms with Crippen molar-refractivity contribution in [3.05, 3.63) is 52.8 Å². The van der Waals surface area contributed by atoms with Crippen LogP contribution in [0.15, 0.2) is 40.9 Å². The molecule has 24 heavy (non-hydrogen) atoms. The summed E-state index contributed by atoms with van der Waals surface area (Å²) >= 11 is 5.17. The molecule has 0 unspecified atom stereocenters. The first-order chi connectivity index (χ1) is 11.7. The van der Waals surface area contributed by atoms with Crippen molar-refractivity contribution < 1.29 is 9.32 Å². The Morgan fingerprint density at radius 2 is 2.17 bits per heavy atom. The Balaban J connectivity index is 1.61. The Labute approximate surface area is 143 Å². The van der Waals surface area contributed by atoms with Crippen molar-refractivity contribution >= 4 is 18.1 Å². The van der Waals surface area contributed by atoms with E-state index in [0.29, 0.717) is 23.6 Å². The molecule has 2 N–H and O–H groups in total. The van der Waals surface area contributed by atoms with Gasteiger partial charge >= 0.3 is 0 Å². The number of aromatic amines is 1. The number of H-pyrrole nitrogens is 1. The zero-order valence-electron chi connectivity index (χ0n) is 13.2. The van der Waals surface area contributed by atoms with Crippen LogP contribution in [0, 0.1) is 4.77 Å². The Kier molecular flexibility index (Phi) is 4.85. The lowest BCUT2D eigenvalue weighted by molar-refractivity contribution is 0.0915. The van der Waals surface area contributed by atoms with Gasteiger partial charge in [0.05, 0.1) is 0 Å². The SMILES string of the molecule is CCc1n[nH]c(=S)n1CCNC(=O)c1cc(-c2ccccc2)no1. The average Bonchev–Trinajstić information content (AvgIpc) is 3.23. The Morgan fingerprint density at radius 3 is 2.92 bits per heavy atom.